The number of aromatic carboxylic acids is 1. The molecular weight excluding hydrogens is 324 g/mol. The molecule has 1 N–H and O–H groups in total. The van der Waals surface area contributed by atoms with E-state index in [9.17, 15) is 4.79 Å². The van der Waals surface area contributed by atoms with E-state index in [1.807, 2.05) is 37.3 Å². The molecule has 0 heterocycles. The molecule has 136 valence electrons. The van der Waals surface area contributed by atoms with Gasteiger partial charge in [-0.2, -0.15) is 0 Å². The molecule has 3 nitrogen and oxygen atoms in total. The summed E-state index contributed by atoms with van der Waals surface area (Å²) >= 11 is 0. The molecule has 2 aromatic rings. The molecule has 0 spiro atoms. The highest BCUT2D eigenvalue weighted by atomic mass is 16.5. The first-order valence-electron chi connectivity index (χ1n) is 8.95. The lowest BCUT2D eigenvalue weighted by Crippen LogP contribution is -1.96. The molecule has 0 aliphatic heterocycles. The third-order valence-electron chi connectivity index (χ3n) is 4.22. The molecule has 0 amide bonds. The largest absolute Gasteiger partial charge is 0.494 e. The SMILES string of the molecule is C=C(/C=C(\C)c1ccc(OCCCCC)cc1)c1ccc(C(=O)O)cc1. The molecule has 2 aromatic carbocycles. The Balaban J connectivity index is 2.01. The zero-order valence-electron chi connectivity index (χ0n) is 15.5. The van der Waals surface area contributed by atoms with Gasteiger partial charge in [-0.05, 0) is 59.9 Å². The topological polar surface area (TPSA) is 46.5 Å². The van der Waals surface area contributed by atoms with E-state index >= 15 is 0 Å². The van der Waals surface area contributed by atoms with Crippen LogP contribution < -0.4 is 4.74 Å². The Morgan fingerprint density at radius 2 is 1.58 bits per heavy atom. The molecule has 0 aromatic heterocycles. The summed E-state index contributed by atoms with van der Waals surface area (Å²) in [4.78, 5) is 10.9. The number of benzene rings is 2. The molecule has 0 bridgehead atoms. The summed E-state index contributed by atoms with van der Waals surface area (Å²) < 4.78 is 5.74. The minimum atomic E-state index is -0.925. The zero-order chi connectivity index (χ0) is 18.9. The van der Waals surface area contributed by atoms with Crippen LogP contribution in [0.4, 0.5) is 0 Å². The second-order valence-corrected chi connectivity index (χ2v) is 6.32. The van der Waals surface area contributed by atoms with Crippen molar-refractivity contribution in [2.75, 3.05) is 6.61 Å². The fourth-order valence-corrected chi connectivity index (χ4v) is 2.61. The van der Waals surface area contributed by atoms with Gasteiger partial charge in [0.1, 0.15) is 5.75 Å². The highest BCUT2D eigenvalue weighted by Crippen LogP contribution is 2.23. The van der Waals surface area contributed by atoms with Crippen LogP contribution in [0.15, 0.2) is 61.2 Å². The normalized spacial score (nSPS) is 11.2. The molecule has 0 saturated carbocycles. The van der Waals surface area contributed by atoms with Crippen molar-refractivity contribution in [2.45, 2.75) is 33.1 Å². The molecule has 0 fully saturated rings. The lowest BCUT2D eigenvalue weighted by Gasteiger charge is -2.08. The van der Waals surface area contributed by atoms with Crippen LogP contribution in [0.5, 0.6) is 5.75 Å². The van der Waals surface area contributed by atoms with Gasteiger partial charge in [0.25, 0.3) is 0 Å². The molecule has 0 unspecified atom stereocenters. The Kier molecular flexibility index (Phi) is 7.22. The van der Waals surface area contributed by atoms with Crippen molar-refractivity contribution < 1.29 is 14.6 Å². The van der Waals surface area contributed by atoms with Crippen molar-refractivity contribution in [2.24, 2.45) is 0 Å². The second-order valence-electron chi connectivity index (χ2n) is 6.32. The summed E-state index contributed by atoms with van der Waals surface area (Å²) in [6, 6.07) is 14.8. The van der Waals surface area contributed by atoms with Gasteiger partial charge in [0.15, 0.2) is 0 Å². The molecule has 3 heteroatoms. The number of carboxylic acids is 1. The highest BCUT2D eigenvalue weighted by molar-refractivity contribution is 5.89. The maximum Gasteiger partial charge on any atom is 0.335 e. The van der Waals surface area contributed by atoms with Crippen molar-refractivity contribution in [1.82, 2.24) is 0 Å². The lowest BCUT2D eigenvalue weighted by molar-refractivity contribution is 0.0697. The van der Waals surface area contributed by atoms with Crippen LogP contribution in [-0.4, -0.2) is 17.7 Å². The van der Waals surface area contributed by atoms with Gasteiger partial charge >= 0.3 is 5.97 Å². The first-order chi connectivity index (χ1) is 12.5. The van der Waals surface area contributed by atoms with Crippen LogP contribution in [0, 0.1) is 0 Å². The van der Waals surface area contributed by atoms with Crippen LogP contribution in [0.3, 0.4) is 0 Å². The Morgan fingerprint density at radius 3 is 2.15 bits per heavy atom. The van der Waals surface area contributed by atoms with Crippen LogP contribution in [0.25, 0.3) is 11.1 Å². The van der Waals surface area contributed by atoms with Gasteiger partial charge in [-0.15, -0.1) is 0 Å². The van der Waals surface area contributed by atoms with Gasteiger partial charge in [-0.25, -0.2) is 4.79 Å². The van der Waals surface area contributed by atoms with Gasteiger partial charge in [0.05, 0.1) is 12.2 Å². The summed E-state index contributed by atoms with van der Waals surface area (Å²) in [6.45, 7) is 9.06. The number of hydrogen-bond donors (Lipinski definition) is 1. The van der Waals surface area contributed by atoms with Gasteiger partial charge in [0, 0.05) is 0 Å². The van der Waals surface area contributed by atoms with E-state index < -0.39 is 5.97 Å². The summed E-state index contributed by atoms with van der Waals surface area (Å²) in [6.07, 6.45) is 5.47. The predicted molar refractivity (Wildman–Crippen MR) is 108 cm³/mol. The van der Waals surface area contributed by atoms with Crippen molar-refractivity contribution in [3.8, 4) is 5.75 Å². The van der Waals surface area contributed by atoms with Gasteiger partial charge in [-0.1, -0.05) is 56.7 Å². The Morgan fingerprint density at radius 1 is 1.00 bits per heavy atom. The summed E-state index contributed by atoms with van der Waals surface area (Å²) in [5.41, 5.74) is 4.23. The number of allylic oxidation sites excluding steroid dienone is 3. The zero-order valence-corrected chi connectivity index (χ0v) is 15.5. The van der Waals surface area contributed by atoms with Gasteiger partial charge in [-0.3, -0.25) is 0 Å². The van der Waals surface area contributed by atoms with Crippen molar-refractivity contribution in [3.05, 3.63) is 77.9 Å². The quantitative estimate of drug-likeness (QED) is 0.441. The van der Waals surface area contributed by atoms with E-state index in [1.165, 1.54) is 12.8 Å². The fourth-order valence-electron chi connectivity index (χ4n) is 2.61. The summed E-state index contributed by atoms with van der Waals surface area (Å²) in [5.74, 6) is -0.0355. The first kappa shape index (κ1) is 19.5. The maximum atomic E-state index is 10.9. The Hall–Kier alpha value is -2.81. The van der Waals surface area contributed by atoms with Crippen molar-refractivity contribution in [1.29, 1.82) is 0 Å². The monoisotopic (exact) mass is 350 g/mol. The van der Waals surface area contributed by atoms with E-state index in [0.29, 0.717) is 0 Å². The average molecular weight is 350 g/mol. The van der Waals surface area contributed by atoms with Crippen molar-refractivity contribution in [3.63, 3.8) is 0 Å². The Bertz CT molecular complexity index is 768. The number of ether oxygens (including phenoxy) is 1. The van der Waals surface area contributed by atoms with E-state index in [1.54, 1.807) is 24.3 Å². The lowest BCUT2D eigenvalue weighted by atomic mass is 10.00. The Labute approximate surface area is 155 Å². The highest BCUT2D eigenvalue weighted by Gasteiger charge is 2.04. The fraction of sp³-hybridized carbons (Fsp3) is 0.261. The maximum absolute atomic E-state index is 10.9. The minimum Gasteiger partial charge on any atom is -0.494 e. The number of hydrogen-bond acceptors (Lipinski definition) is 2. The standard InChI is InChI=1S/C23H26O3/c1-4-5-6-15-26-22-13-11-20(12-14-22)18(3)16-17(2)19-7-9-21(10-8-19)23(24)25/h7-14,16H,2,4-6,15H2,1,3H3,(H,24,25)/b18-16+. The summed E-state index contributed by atoms with van der Waals surface area (Å²) in [7, 11) is 0. The average Bonchev–Trinajstić information content (AvgIpc) is 2.65. The van der Waals surface area contributed by atoms with Crippen LogP contribution in [-0.2, 0) is 0 Å². The molecule has 0 aliphatic carbocycles. The third-order valence-corrected chi connectivity index (χ3v) is 4.22. The predicted octanol–water partition coefficient (Wildman–Crippen LogP) is 6.07. The molecule has 2 rings (SSSR count). The second kappa shape index (κ2) is 9.62. The molecule has 0 saturated heterocycles. The van der Waals surface area contributed by atoms with Gasteiger partial charge in [0.2, 0.25) is 0 Å². The van der Waals surface area contributed by atoms with Crippen LogP contribution in [0.1, 0.15) is 54.6 Å². The molecule has 0 aliphatic rings. The van der Waals surface area contributed by atoms with E-state index in [4.69, 9.17) is 9.84 Å². The summed E-state index contributed by atoms with van der Waals surface area (Å²) in [5, 5.41) is 8.97. The molecule has 0 radical (unpaired) electrons. The number of carboxylic acid groups (broad SMARTS) is 1. The minimum absolute atomic E-state index is 0.275. The third kappa shape index (κ3) is 5.62. The molecular formula is C23H26O3. The van der Waals surface area contributed by atoms with E-state index in [0.717, 1.165) is 41.1 Å². The van der Waals surface area contributed by atoms with Crippen molar-refractivity contribution >= 4 is 17.1 Å². The number of unbranched alkanes of at least 4 members (excludes halogenated alkanes) is 2. The van der Waals surface area contributed by atoms with Crippen LogP contribution >= 0.6 is 0 Å². The molecule has 0 atom stereocenters. The van der Waals surface area contributed by atoms with E-state index in [-0.39, 0.29) is 5.56 Å². The molecule has 26 heavy (non-hydrogen) atoms. The first-order valence-corrected chi connectivity index (χ1v) is 8.95. The smallest absolute Gasteiger partial charge is 0.335 e. The number of carbonyl (C=O) groups is 1. The van der Waals surface area contributed by atoms with Gasteiger partial charge < -0.3 is 9.84 Å². The van der Waals surface area contributed by atoms with Crippen LogP contribution in [0.2, 0.25) is 0 Å². The van der Waals surface area contributed by atoms with E-state index in [2.05, 4.69) is 13.5 Å². The number of rotatable bonds is 9.